The second kappa shape index (κ2) is 9.62. The number of nitrogens with zero attached hydrogens (tertiary/aromatic N) is 1. The van der Waals surface area contributed by atoms with E-state index in [9.17, 15) is 24.6 Å². The van der Waals surface area contributed by atoms with E-state index >= 15 is 0 Å². The molecule has 1 aromatic rings. The number of amides is 3. The summed E-state index contributed by atoms with van der Waals surface area (Å²) in [6, 6.07) is 4.63. The molecule has 0 saturated carbocycles. The van der Waals surface area contributed by atoms with Crippen LogP contribution in [0.15, 0.2) is 30.4 Å². The smallest absolute Gasteiger partial charge is 0.261 e. The molecule has 4 atom stereocenters. The van der Waals surface area contributed by atoms with Gasteiger partial charge < -0.3 is 31.1 Å². The Morgan fingerprint density at radius 1 is 1.33 bits per heavy atom. The molecule has 2 fully saturated rings. The van der Waals surface area contributed by atoms with Crippen LogP contribution in [-0.4, -0.2) is 64.6 Å². The first-order valence-electron chi connectivity index (χ1n) is 11.6. The Balaban J connectivity index is 1.46. The number of aliphatic hydroxyl groups is 2. The Hall–Kier alpha value is -2.75. The predicted molar refractivity (Wildman–Crippen MR) is 123 cm³/mol. The number of fused-ring (bicyclic) bond motifs is 1. The highest BCUT2D eigenvalue weighted by Crippen LogP contribution is 2.43. The lowest BCUT2D eigenvalue weighted by Gasteiger charge is -2.26. The number of hydrogen-bond acceptors (Lipinski definition) is 6. The van der Waals surface area contributed by atoms with Gasteiger partial charge in [0.25, 0.3) is 5.91 Å². The van der Waals surface area contributed by atoms with Crippen molar-refractivity contribution in [2.45, 2.75) is 56.7 Å². The van der Waals surface area contributed by atoms with Crippen molar-refractivity contribution < 1.29 is 24.6 Å². The fraction of sp³-hybridized carbons (Fsp3) is 0.542. The third kappa shape index (κ3) is 4.53. The van der Waals surface area contributed by atoms with Crippen LogP contribution in [0.2, 0.25) is 0 Å². The normalized spacial score (nSPS) is 27.6. The number of anilines is 2. The number of benzene rings is 1. The van der Waals surface area contributed by atoms with E-state index in [0.717, 1.165) is 32.2 Å². The summed E-state index contributed by atoms with van der Waals surface area (Å²) < 4.78 is 0. The molecule has 33 heavy (non-hydrogen) atoms. The third-order valence-electron chi connectivity index (χ3n) is 6.95. The lowest BCUT2D eigenvalue weighted by atomic mass is 9.82. The molecule has 5 N–H and O–H groups in total. The van der Waals surface area contributed by atoms with Crippen molar-refractivity contribution in [1.82, 2.24) is 10.2 Å². The van der Waals surface area contributed by atoms with Crippen molar-refractivity contribution >= 4 is 29.1 Å². The van der Waals surface area contributed by atoms with Crippen LogP contribution in [0.25, 0.3) is 0 Å². The van der Waals surface area contributed by atoms with Crippen LogP contribution in [0.1, 0.15) is 44.6 Å². The number of rotatable bonds is 7. The Morgan fingerprint density at radius 3 is 2.88 bits per heavy atom. The van der Waals surface area contributed by atoms with E-state index in [1.54, 1.807) is 42.2 Å². The molecule has 9 heteroatoms. The molecule has 4 rings (SSSR count). The monoisotopic (exact) mass is 456 g/mol. The van der Waals surface area contributed by atoms with E-state index in [4.69, 9.17) is 0 Å². The maximum atomic E-state index is 12.7. The van der Waals surface area contributed by atoms with Gasteiger partial charge in [0, 0.05) is 35.8 Å². The fourth-order valence-corrected chi connectivity index (χ4v) is 4.96. The Morgan fingerprint density at radius 2 is 2.15 bits per heavy atom. The van der Waals surface area contributed by atoms with E-state index in [0.29, 0.717) is 23.5 Å². The number of hydrogen-bond donors (Lipinski definition) is 5. The Bertz CT molecular complexity index is 958. The van der Waals surface area contributed by atoms with Crippen molar-refractivity contribution in [2.75, 3.05) is 30.3 Å². The zero-order valence-electron chi connectivity index (χ0n) is 18.8. The van der Waals surface area contributed by atoms with Gasteiger partial charge in [-0.3, -0.25) is 14.4 Å². The molecule has 3 amide bonds. The van der Waals surface area contributed by atoms with Crippen LogP contribution in [0.3, 0.4) is 0 Å². The number of likely N-dealkylation sites (tertiary alicyclic amines) is 1. The topological polar surface area (TPSA) is 131 Å². The van der Waals surface area contributed by atoms with Gasteiger partial charge in [-0.25, -0.2) is 0 Å². The maximum Gasteiger partial charge on any atom is 0.261 e. The highest BCUT2D eigenvalue weighted by Gasteiger charge is 2.48. The largest absolute Gasteiger partial charge is 0.394 e. The lowest BCUT2D eigenvalue weighted by molar-refractivity contribution is -0.137. The minimum absolute atomic E-state index is 0.0434. The summed E-state index contributed by atoms with van der Waals surface area (Å²) in [5.74, 6) is -1.37. The number of carbonyl (C=O) groups excluding carboxylic acids is 3. The molecule has 3 aliphatic heterocycles. The van der Waals surface area contributed by atoms with E-state index in [1.807, 2.05) is 0 Å². The van der Waals surface area contributed by atoms with Crippen molar-refractivity contribution in [3.05, 3.63) is 35.9 Å². The standard InChI is InChI=1S/C24H32N4O5/c1-15(5-2-8-21(30)28-12-4-6-17(28)14-29)24(33)18-13-16(9-10-19(18)27-23(24)32)26-22(31)20-7-3-11-25-20/h2,5,9-10,13,15,17,20,25,29,33H,3-4,6-8,11-12,14H2,1H3,(H,26,31)(H,27,32)/b5-2+/t15-,17+,20-,24+/m1/s1. The van der Waals surface area contributed by atoms with Gasteiger partial charge in [0.05, 0.1) is 18.7 Å². The molecule has 0 bridgehead atoms. The molecule has 9 nitrogen and oxygen atoms in total. The van der Waals surface area contributed by atoms with Crippen LogP contribution >= 0.6 is 0 Å². The SMILES string of the molecule is C[C@H](/C=C/CC(=O)N1CCC[C@H]1CO)[C@@]1(O)C(=O)Nc2ccc(NC(=O)[C@H]3CCCN3)cc21. The third-order valence-corrected chi connectivity index (χ3v) is 6.95. The molecular formula is C24H32N4O5. The van der Waals surface area contributed by atoms with Gasteiger partial charge in [-0.1, -0.05) is 19.1 Å². The van der Waals surface area contributed by atoms with Crippen LogP contribution < -0.4 is 16.0 Å². The number of aliphatic hydroxyl groups excluding tert-OH is 1. The van der Waals surface area contributed by atoms with Gasteiger partial charge in [0.1, 0.15) is 0 Å². The zero-order valence-corrected chi connectivity index (χ0v) is 18.8. The maximum absolute atomic E-state index is 12.7. The van der Waals surface area contributed by atoms with Gasteiger partial charge in [-0.15, -0.1) is 0 Å². The van der Waals surface area contributed by atoms with Gasteiger partial charge in [-0.2, -0.15) is 0 Å². The van der Waals surface area contributed by atoms with Crippen molar-refractivity contribution in [1.29, 1.82) is 0 Å². The van der Waals surface area contributed by atoms with E-state index in [2.05, 4.69) is 16.0 Å². The fourth-order valence-electron chi connectivity index (χ4n) is 4.96. The molecule has 0 unspecified atom stereocenters. The summed E-state index contributed by atoms with van der Waals surface area (Å²) in [5, 5.41) is 29.5. The number of nitrogens with one attached hydrogen (secondary N) is 3. The summed E-state index contributed by atoms with van der Waals surface area (Å²) in [6.45, 7) is 3.12. The molecule has 178 valence electrons. The highest BCUT2D eigenvalue weighted by molar-refractivity contribution is 6.06. The minimum Gasteiger partial charge on any atom is -0.394 e. The molecule has 3 heterocycles. The molecule has 0 aromatic heterocycles. The summed E-state index contributed by atoms with van der Waals surface area (Å²) in [7, 11) is 0. The van der Waals surface area contributed by atoms with Gasteiger partial charge in [0.15, 0.2) is 5.60 Å². The van der Waals surface area contributed by atoms with Gasteiger partial charge in [0.2, 0.25) is 11.8 Å². The number of carbonyl (C=O) groups is 3. The zero-order chi connectivity index (χ0) is 23.6. The molecule has 1 aromatic carbocycles. The summed E-state index contributed by atoms with van der Waals surface area (Å²) in [5.41, 5.74) is -0.410. The second-order valence-corrected chi connectivity index (χ2v) is 9.11. The molecular weight excluding hydrogens is 424 g/mol. The van der Waals surface area contributed by atoms with Crippen molar-refractivity contribution in [2.24, 2.45) is 5.92 Å². The van der Waals surface area contributed by atoms with E-state index in [-0.39, 0.29) is 36.9 Å². The highest BCUT2D eigenvalue weighted by atomic mass is 16.3. The first-order chi connectivity index (χ1) is 15.8. The van der Waals surface area contributed by atoms with Gasteiger partial charge in [-0.05, 0) is 50.4 Å². The summed E-state index contributed by atoms with van der Waals surface area (Å²) >= 11 is 0. The summed E-state index contributed by atoms with van der Waals surface area (Å²) in [4.78, 5) is 39.4. The van der Waals surface area contributed by atoms with Crippen molar-refractivity contribution in [3.63, 3.8) is 0 Å². The van der Waals surface area contributed by atoms with E-state index in [1.165, 1.54) is 0 Å². The summed E-state index contributed by atoms with van der Waals surface area (Å²) in [6.07, 6.45) is 6.88. The first-order valence-corrected chi connectivity index (χ1v) is 11.6. The predicted octanol–water partition coefficient (Wildman–Crippen LogP) is 1.08. The molecule has 0 spiro atoms. The van der Waals surface area contributed by atoms with E-state index < -0.39 is 17.4 Å². The molecule has 3 aliphatic rings. The second-order valence-electron chi connectivity index (χ2n) is 9.11. The van der Waals surface area contributed by atoms with Crippen molar-refractivity contribution in [3.8, 4) is 0 Å². The van der Waals surface area contributed by atoms with Gasteiger partial charge >= 0.3 is 0 Å². The van der Waals surface area contributed by atoms with Crippen LogP contribution in [0, 0.1) is 5.92 Å². The minimum atomic E-state index is -1.82. The molecule has 0 aliphatic carbocycles. The van der Waals surface area contributed by atoms with Crippen LogP contribution in [0.4, 0.5) is 11.4 Å². The Labute approximate surface area is 193 Å². The average molecular weight is 457 g/mol. The molecule has 2 saturated heterocycles. The first kappa shape index (κ1) is 23.4. The Kier molecular flexibility index (Phi) is 6.83. The quantitative estimate of drug-likeness (QED) is 0.390. The lowest BCUT2D eigenvalue weighted by Crippen LogP contribution is -2.40. The average Bonchev–Trinajstić information content (AvgIpc) is 3.55. The van der Waals surface area contributed by atoms with Crippen LogP contribution in [-0.2, 0) is 20.0 Å². The molecule has 0 radical (unpaired) electrons. The van der Waals surface area contributed by atoms with Crippen LogP contribution in [0.5, 0.6) is 0 Å².